The summed E-state index contributed by atoms with van der Waals surface area (Å²) in [6.45, 7) is 4.92. The van der Waals surface area contributed by atoms with Crippen molar-refractivity contribution in [3.05, 3.63) is 0 Å². The van der Waals surface area contributed by atoms with Crippen molar-refractivity contribution >= 4 is 23.5 Å². The molecule has 1 fully saturated rings. The Morgan fingerprint density at radius 2 is 1.00 bits per heavy atom. The number of rotatable bonds is 4. The molecule has 1 aliphatic rings. The summed E-state index contributed by atoms with van der Waals surface area (Å²) >= 11 is 0. The standard InChI is InChI=1S/C12H16O6/c1-5(13)11(3)7(9(15)16)12(4,6(2)14)8(11)10(17)18/h7-8H,1-4H3,(H,15,16)(H,17,18). The van der Waals surface area contributed by atoms with Gasteiger partial charge in [0.25, 0.3) is 0 Å². The van der Waals surface area contributed by atoms with Crippen LogP contribution in [0.3, 0.4) is 0 Å². The molecule has 0 heterocycles. The monoisotopic (exact) mass is 256 g/mol. The summed E-state index contributed by atoms with van der Waals surface area (Å²) in [5.41, 5.74) is -3.09. The third kappa shape index (κ3) is 1.41. The molecule has 1 rings (SSSR count). The van der Waals surface area contributed by atoms with E-state index in [0.29, 0.717) is 0 Å². The van der Waals surface area contributed by atoms with E-state index in [1.54, 1.807) is 0 Å². The minimum atomic E-state index is -1.54. The van der Waals surface area contributed by atoms with Gasteiger partial charge in [0, 0.05) is 0 Å². The maximum atomic E-state index is 11.6. The number of Topliss-reactive ketones (excluding diaryl/α,β-unsaturated/α-hetero) is 2. The molecular formula is C12H16O6. The lowest BCUT2D eigenvalue weighted by molar-refractivity contribution is -0.213. The Morgan fingerprint density at radius 3 is 1.11 bits per heavy atom. The SMILES string of the molecule is CC(=O)C1(C)C(C(=O)O)C(C)(C(C)=O)C1C(=O)O. The lowest BCUT2D eigenvalue weighted by Crippen LogP contribution is -2.72. The Morgan fingerprint density at radius 1 is 0.778 bits per heavy atom. The minimum Gasteiger partial charge on any atom is -0.481 e. The van der Waals surface area contributed by atoms with E-state index < -0.39 is 46.2 Å². The van der Waals surface area contributed by atoms with Crippen LogP contribution in [0.5, 0.6) is 0 Å². The number of carbonyl (C=O) groups is 4. The average molecular weight is 256 g/mol. The largest absolute Gasteiger partial charge is 0.481 e. The number of carbonyl (C=O) groups excluding carboxylic acids is 2. The van der Waals surface area contributed by atoms with Crippen LogP contribution in [0.25, 0.3) is 0 Å². The van der Waals surface area contributed by atoms with Gasteiger partial charge in [0.1, 0.15) is 11.6 Å². The molecule has 18 heavy (non-hydrogen) atoms. The number of carboxylic acids is 2. The molecule has 6 nitrogen and oxygen atoms in total. The van der Waals surface area contributed by atoms with E-state index in [1.807, 2.05) is 0 Å². The molecule has 1 saturated carbocycles. The van der Waals surface area contributed by atoms with Gasteiger partial charge in [-0.05, 0) is 13.8 Å². The molecule has 0 aromatic heterocycles. The average Bonchev–Trinajstić information content (AvgIpc) is 2.13. The highest BCUT2D eigenvalue weighted by atomic mass is 16.4. The van der Waals surface area contributed by atoms with E-state index in [0.717, 1.165) is 13.8 Å². The topological polar surface area (TPSA) is 109 Å². The molecule has 0 unspecified atom stereocenters. The van der Waals surface area contributed by atoms with Crippen LogP contribution < -0.4 is 0 Å². The fourth-order valence-electron chi connectivity index (χ4n) is 3.32. The van der Waals surface area contributed by atoms with E-state index in [4.69, 9.17) is 0 Å². The summed E-state index contributed by atoms with van der Waals surface area (Å²) in [7, 11) is 0. The number of hydrogen-bond donors (Lipinski definition) is 2. The normalized spacial score (nSPS) is 38.7. The zero-order valence-corrected chi connectivity index (χ0v) is 10.7. The van der Waals surface area contributed by atoms with Crippen LogP contribution in [0, 0.1) is 22.7 Å². The zero-order chi connectivity index (χ0) is 14.5. The van der Waals surface area contributed by atoms with Crippen LogP contribution in [0.2, 0.25) is 0 Å². The van der Waals surface area contributed by atoms with Crippen LogP contribution in [0.1, 0.15) is 27.7 Å². The first-order chi connectivity index (χ1) is 8.02. The molecule has 0 aromatic carbocycles. The minimum absolute atomic E-state index is 0.527. The number of hydrogen-bond acceptors (Lipinski definition) is 4. The van der Waals surface area contributed by atoms with E-state index in [1.165, 1.54) is 13.8 Å². The highest BCUT2D eigenvalue weighted by molar-refractivity contribution is 6.04. The van der Waals surface area contributed by atoms with Gasteiger partial charge in [0.15, 0.2) is 0 Å². The predicted molar refractivity (Wildman–Crippen MR) is 59.8 cm³/mol. The van der Waals surface area contributed by atoms with Crippen molar-refractivity contribution in [2.24, 2.45) is 22.7 Å². The Labute approximate surface area is 104 Å². The second kappa shape index (κ2) is 3.90. The fraction of sp³-hybridized carbons (Fsp3) is 0.667. The Balaban J connectivity index is 3.47. The van der Waals surface area contributed by atoms with Crippen molar-refractivity contribution in [2.45, 2.75) is 27.7 Å². The Bertz CT molecular complexity index is 399. The van der Waals surface area contributed by atoms with Crippen LogP contribution in [0.4, 0.5) is 0 Å². The third-order valence-electron chi connectivity index (χ3n) is 4.41. The maximum Gasteiger partial charge on any atom is 0.308 e. The molecule has 1 aliphatic carbocycles. The van der Waals surface area contributed by atoms with E-state index in [2.05, 4.69) is 0 Å². The van der Waals surface area contributed by atoms with Gasteiger partial charge in [-0.2, -0.15) is 0 Å². The third-order valence-corrected chi connectivity index (χ3v) is 4.41. The van der Waals surface area contributed by atoms with Crippen molar-refractivity contribution in [3.8, 4) is 0 Å². The quantitative estimate of drug-likeness (QED) is 0.762. The first-order valence-corrected chi connectivity index (χ1v) is 5.50. The zero-order valence-electron chi connectivity index (χ0n) is 10.7. The summed E-state index contributed by atoms with van der Waals surface area (Å²) in [5, 5.41) is 18.4. The van der Waals surface area contributed by atoms with Crippen molar-refractivity contribution in [3.63, 3.8) is 0 Å². The predicted octanol–water partition coefficient (Wildman–Crippen LogP) is 0.592. The molecule has 0 aromatic rings. The van der Waals surface area contributed by atoms with Crippen LogP contribution in [-0.4, -0.2) is 33.7 Å². The molecule has 2 N–H and O–H groups in total. The molecule has 0 radical (unpaired) electrons. The maximum absolute atomic E-state index is 11.6. The van der Waals surface area contributed by atoms with Crippen molar-refractivity contribution in [2.75, 3.05) is 0 Å². The molecule has 0 amide bonds. The summed E-state index contributed by atoms with van der Waals surface area (Å²) in [5.74, 6) is -6.30. The van der Waals surface area contributed by atoms with Crippen LogP contribution >= 0.6 is 0 Å². The van der Waals surface area contributed by atoms with Gasteiger partial charge >= 0.3 is 11.9 Å². The fourth-order valence-corrected chi connectivity index (χ4v) is 3.32. The molecule has 0 atom stereocenters. The van der Waals surface area contributed by atoms with Crippen LogP contribution in [-0.2, 0) is 19.2 Å². The molecule has 6 heteroatoms. The van der Waals surface area contributed by atoms with Gasteiger partial charge in [-0.15, -0.1) is 0 Å². The van der Waals surface area contributed by atoms with E-state index in [-0.39, 0.29) is 0 Å². The van der Waals surface area contributed by atoms with Gasteiger partial charge in [-0.25, -0.2) is 0 Å². The molecule has 100 valence electrons. The smallest absolute Gasteiger partial charge is 0.308 e. The molecular weight excluding hydrogens is 240 g/mol. The van der Waals surface area contributed by atoms with Gasteiger partial charge < -0.3 is 10.2 Å². The first-order valence-electron chi connectivity index (χ1n) is 5.50. The molecule has 0 aliphatic heterocycles. The second-order valence-corrected chi connectivity index (χ2v) is 5.22. The van der Waals surface area contributed by atoms with Crippen molar-refractivity contribution in [1.29, 1.82) is 0 Å². The first kappa shape index (κ1) is 14.3. The molecule has 0 spiro atoms. The number of aliphatic carboxylic acids is 2. The molecule has 0 bridgehead atoms. The summed E-state index contributed by atoms with van der Waals surface area (Å²) in [6.07, 6.45) is 0. The summed E-state index contributed by atoms with van der Waals surface area (Å²) in [4.78, 5) is 45.9. The van der Waals surface area contributed by atoms with E-state index in [9.17, 15) is 29.4 Å². The summed E-state index contributed by atoms with van der Waals surface area (Å²) < 4.78 is 0. The highest BCUT2D eigenvalue weighted by Crippen LogP contribution is 2.64. The van der Waals surface area contributed by atoms with Crippen molar-refractivity contribution in [1.82, 2.24) is 0 Å². The summed E-state index contributed by atoms with van der Waals surface area (Å²) in [6, 6.07) is 0. The van der Waals surface area contributed by atoms with Crippen molar-refractivity contribution < 1.29 is 29.4 Å². The van der Waals surface area contributed by atoms with Crippen LogP contribution in [0.15, 0.2) is 0 Å². The number of carboxylic acid groups (broad SMARTS) is 2. The highest BCUT2D eigenvalue weighted by Gasteiger charge is 2.76. The molecule has 0 saturated heterocycles. The Kier molecular flexibility index (Phi) is 3.10. The Hall–Kier alpha value is -1.72. The van der Waals surface area contributed by atoms with Gasteiger partial charge in [0.05, 0.1) is 22.7 Å². The lowest BCUT2D eigenvalue weighted by Gasteiger charge is -2.60. The van der Waals surface area contributed by atoms with E-state index >= 15 is 0 Å². The van der Waals surface area contributed by atoms with Gasteiger partial charge in [-0.1, -0.05) is 13.8 Å². The van der Waals surface area contributed by atoms with Gasteiger partial charge in [-0.3, -0.25) is 19.2 Å². The van der Waals surface area contributed by atoms with Gasteiger partial charge in [0.2, 0.25) is 0 Å². The second-order valence-electron chi connectivity index (χ2n) is 5.22. The lowest BCUT2D eigenvalue weighted by atomic mass is 9.38. The number of ketones is 2.